The molecular weight excluding hydrogens is 334 g/mol. The highest BCUT2D eigenvalue weighted by molar-refractivity contribution is 9.10. The second-order valence-corrected chi connectivity index (χ2v) is 7.06. The van der Waals surface area contributed by atoms with Gasteiger partial charge in [-0.2, -0.15) is 0 Å². The molecule has 20 heavy (non-hydrogen) atoms. The Hall–Kier alpha value is -0.650. The van der Waals surface area contributed by atoms with Crippen LogP contribution in [0.5, 0.6) is 0 Å². The third-order valence-electron chi connectivity index (χ3n) is 3.56. The van der Waals surface area contributed by atoms with Crippen LogP contribution in [0.1, 0.15) is 19.4 Å². The molecule has 2 N–H and O–H groups in total. The van der Waals surface area contributed by atoms with Crippen LogP contribution in [-0.2, 0) is 0 Å². The number of thiocarbonyl (C=S) groups is 1. The van der Waals surface area contributed by atoms with Crippen molar-refractivity contribution in [2.75, 3.05) is 37.6 Å². The molecule has 3 nitrogen and oxygen atoms in total. The maximum atomic E-state index is 5.86. The molecule has 0 bridgehead atoms. The van der Waals surface area contributed by atoms with Crippen molar-refractivity contribution in [3.05, 3.63) is 28.2 Å². The fourth-order valence-electron chi connectivity index (χ4n) is 2.67. The minimum Gasteiger partial charge on any atom is -0.389 e. The van der Waals surface area contributed by atoms with E-state index in [-0.39, 0.29) is 0 Å². The normalized spacial score (nSPS) is 16.7. The van der Waals surface area contributed by atoms with Gasteiger partial charge in [-0.05, 0) is 24.1 Å². The first-order chi connectivity index (χ1) is 9.47. The lowest BCUT2D eigenvalue weighted by Crippen LogP contribution is -2.47. The second kappa shape index (κ2) is 6.87. The third-order valence-corrected chi connectivity index (χ3v) is 4.27. The van der Waals surface area contributed by atoms with Gasteiger partial charge in [0.05, 0.1) is 0 Å². The lowest BCUT2D eigenvalue weighted by Gasteiger charge is -2.37. The zero-order valence-corrected chi connectivity index (χ0v) is 14.5. The average molecular weight is 356 g/mol. The zero-order chi connectivity index (χ0) is 14.7. The van der Waals surface area contributed by atoms with Crippen LogP contribution in [0.15, 0.2) is 22.7 Å². The SMILES string of the molecule is CC(C)CN1CCN(c2ccc(Br)cc2C(N)=S)CC1. The number of piperazine rings is 1. The molecule has 0 aromatic heterocycles. The van der Waals surface area contributed by atoms with E-state index >= 15 is 0 Å². The van der Waals surface area contributed by atoms with E-state index in [9.17, 15) is 0 Å². The van der Waals surface area contributed by atoms with Crippen molar-refractivity contribution in [1.82, 2.24) is 4.90 Å². The summed E-state index contributed by atoms with van der Waals surface area (Å²) < 4.78 is 1.02. The standard InChI is InChI=1S/C15H22BrN3S/c1-11(2)10-18-5-7-19(8-6-18)14-4-3-12(16)9-13(14)15(17)20/h3-4,9,11H,5-8,10H2,1-2H3,(H2,17,20). The fraction of sp³-hybridized carbons (Fsp3) is 0.533. The lowest BCUT2D eigenvalue weighted by molar-refractivity contribution is 0.231. The Bertz CT molecular complexity index is 482. The number of halogens is 1. The molecule has 0 aliphatic carbocycles. The van der Waals surface area contributed by atoms with E-state index in [2.05, 4.69) is 51.7 Å². The van der Waals surface area contributed by atoms with E-state index in [4.69, 9.17) is 18.0 Å². The first-order valence-corrected chi connectivity index (χ1v) is 8.24. The van der Waals surface area contributed by atoms with Crippen LogP contribution in [0, 0.1) is 5.92 Å². The van der Waals surface area contributed by atoms with Crippen molar-refractivity contribution in [3.8, 4) is 0 Å². The first kappa shape index (κ1) is 15.7. The van der Waals surface area contributed by atoms with Crippen molar-refractivity contribution >= 4 is 38.8 Å². The predicted octanol–water partition coefficient (Wildman–Crippen LogP) is 2.86. The molecule has 5 heteroatoms. The van der Waals surface area contributed by atoms with E-state index in [1.54, 1.807) is 0 Å². The Labute approximate surface area is 135 Å². The minimum absolute atomic E-state index is 0.464. The number of hydrogen-bond donors (Lipinski definition) is 1. The Kier molecular flexibility index (Phi) is 5.41. The summed E-state index contributed by atoms with van der Waals surface area (Å²) in [7, 11) is 0. The summed E-state index contributed by atoms with van der Waals surface area (Å²) in [6, 6.07) is 6.17. The summed E-state index contributed by atoms with van der Waals surface area (Å²) in [4.78, 5) is 5.38. The lowest BCUT2D eigenvalue weighted by atomic mass is 10.1. The molecular formula is C15H22BrN3S. The number of benzene rings is 1. The Balaban J connectivity index is 2.09. The van der Waals surface area contributed by atoms with Crippen molar-refractivity contribution in [2.24, 2.45) is 11.7 Å². The molecule has 1 aromatic carbocycles. The molecule has 110 valence electrons. The van der Waals surface area contributed by atoms with Crippen LogP contribution in [0.3, 0.4) is 0 Å². The van der Waals surface area contributed by atoms with Gasteiger partial charge in [0.15, 0.2) is 0 Å². The smallest absolute Gasteiger partial charge is 0.106 e. The summed E-state index contributed by atoms with van der Waals surface area (Å²) >= 11 is 8.66. The summed E-state index contributed by atoms with van der Waals surface area (Å²) in [5.41, 5.74) is 7.98. The predicted molar refractivity (Wildman–Crippen MR) is 93.5 cm³/mol. The number of anilines is 1. The molecule has 1 fully saturated rings. The van der Waals surface area contributed by atoms with Gasteiger partial charge >= 0.3 is 0 Å². The third kappa shape index (κ3) is 3.93. The highest BCUT2D eigenvalue weighted by atomic mass is 79.9. The van der Waals surface area contributed by atoms with Gasteiger partial charge in [0.1, 0.15) is 4.99 Å². The molecule has 1 aliphatic rings. The van der Waals surface area contributed by atoms with Crippen molar-refractivity contribution in [3.63, 3.8) is 0 Å². The molecule has 1 aromatic rings. The van der Waals surface area contributed by atoms with Crippen molar-refractivity contribution in [1.29, 1.82) is 0 Å². The molecule has 1 heterocycles. The van der Waals surface area contributed by atoms with E-state index in [0.29, 0.717) is 4.99 Å². The van der Waals surface area contributed by atoms with Gasteiger partial charge in [0.25, 0.3) is 0 Å². The number of rotatable bonds is 4. The van der Waals surface area contributed by atoms with Crippen LogP contribution in [0.4, 0.5) is 5.69 Å². The molecule has 1 saturated heterocycles. The van der Waals surface area contributed by atoms with E-state index in [1.807, 2.05) is 6.07 Å². The van der Waals surface area contributed by atoms with Crippen molar-refractivity contribution in [2.45, 2.75) is 13.8 Å². The minimum atomic E-state index is 0.464. The zero-order valence-electron chi connectivity index (χ0n) is 12.1. The molecule has 1 aliphatic heterocycles. The summed E-state index contributed by atoms with van der Waals surface area (Å²) in [5, 5.41) is 0. The van der Waals surface area contributed by atoms with E-state index in [0.717, 1.165) is 47.8 Å². The molecule has 0 radical (unpaired) electrons. The van der Waals surface area contributed by atoms with Gasteiger partial charge in [-0.15, -0.1) is 0 Å². The Morgan fingerprint density at radius 2 is 1.95 bits per heavy atom. The van der Waals surface area contributed by atoms with Crippen LogP contribution in [0.2, 0.25) is 0 Å². The summed E-state index contributed by atoms with van der Waals surface area (Å²) in [6.07, 6.45) is 0. The monoisotopic (exact) mass is 355 g/mol. The molecule has 0 spiro atoms. The first-order valence-electron chi connectivity index (χ1n) is 7.04. The average Bonchev–Trinajstić information content (AvgIpc) is 2.39. The Morgan fingerprint density at radius 3 is 2.50 bits per heavy atom. The highest BCUT2D eigenvalue weighted by Crippen LogP contribution is 2.25. The molecule has 0 amide bonds. The van der Waals surface area contributed by atoms with Crippen LogP contribution in [-0.4, -0.2) is 42.6 Å². The van der Waals surface area contributed by atoms with Gasteiger partial charge in [0, 0.05) is 48.4 Å². The molecule has 0 atom stereocenters. The summed E-state index contributed by atoms with van der Waals surface area (Å²) in [6.45, 7) is 9.98. The van der Waals surface area contributed by atoms with E-state index in [1.165, 1.54) is 6.54 Å². The van der Waals surface area contributed by atoms with Gasteiger partial charge in [-0.1, -0.05) is 42.0 Å². The summed E-state index contributed by atoms with van der Waals surface area (Å²) in [5.74, 6) is 0.724. The number of nitrogens with two attached hydrogens (primary N) is 1. The van der Waals surface area contributed by atoms with Gasteiger partial charge in [-0.25, -0.2) is 0 Å². The van der Waals surface area contributed by atoms with Gasteiger partial charge < -0.3 is 10.6 Å². The van der Waals surface area contributed by atoms with Gasteiger partial charge in [-0.3, -0.25) is 4.90 Å². The molecule has 2 rings (SSSR count). The number of hydrogen-bond acceptors (Lipinski definition) is 3. The van der Waals surface area contributed by atoms with E-state index < -0.39 is 0 Å². The van der Waals surface area contributed by atoms with Crippen LogP contribution < -0.4 is 10.6 Å². The highest BCUT2D eigenvalue weighted by Gasteiger charge is 2.20. The van der Waals surface area contributed by atoms with Crippen LogP contribution in [0.25, 0.3) is 0 Å². The largest absolute Gasteiger partial charge is 0.389 e. The maximum absolute atomic E-state index is 5.86. The number of nitrogens with zero attached hydrogens (tertiary/aromatic N) is 2. The topological polar surface area (TPSA) is 32.5 Å². The molecule has 0 unspecified atom stereocenters. The maximum Gasteiger partial charge on any atom is 0.106 e. The second-order valence-electron chi connectivity index (χ2n) is 5.71. The molecule has 0 saturated carbocycles. The Morgan fingerprint density at radius 1 is 1.30 bits per heavy atom. The fourth-order valence-corrected chi connectivity index (χ4v) is 3.19. The quantitative estimate of drug-likeness (QED) is 0.841. The van der Waals surface area contributed by atoms with Gasteiger partial charge in [0.2, 0.25) is 0 Å². The van der Waals surface area contributed by atoms with Crippen LogP contribution >= 0.6 is 28.1 Å². The van der Waals surface area contributed by atoms with Crippen molar-refractivity contribution < 1.29 is 0 Å².